The summed E-state index contributed by atoms with van der Waals surface area (Å²) in [6.07, 6.45) is 5.25. The molecule has 0 fully saturated rings. The van der Waals surface area contributed by atoms with E-state index in [1.165, 1.54) is 0 Å². The Morgan fingerprint density at radius 2 is 1.74 bits per heavy atom. The maximum absolute atomic E-state index is 5.86. The summed E-state index contributed by atoms with van der Waals surface area (Å²) in [5.74, 6) is 2.06. The van der Waals surface area contributed by atoms with Gasteiger partial charge < -0.3 is 19.4 Å². The first-order chi connectivity index (χ1) is 18.6. The van der Waals surface area contributed by atoms with E-state index in [1.54, 1.807) is 25.7 Å². The van der Waals surface area contributed by atoms with Gasteiger partial charge in [-0.3, -0.25) is 15.1 Å². The number of hydrogen-bond donors (Lipinski definition) is 2. The number of nitrogens with one attached hydrogen (secondary N) is 2. The molecule has 0 saturated heterocycles. The van der Waals surface area contributed by atoms with Gasteiger partial charge in [0.25, 0.3) is 0 Å². The van der Waals surface area contributed by atoms with Gasteiger partial charge in [-0.15, -0.1) is 0 Å². The molecule has 0 aliphatic rings. The minimum Gasteiger partial charge on any atom is -0.497 e. The zero-order chi connectivity index (χ0) is 26.1. The number of imidazole rings is 1. The fourth-order valence-corrected chi connectivity index (χ4v) is 4.24. The smallest absolute Gasteiger partial charge is 0.161 e. The largest absolute Gasteiger partial charge is 0.497 e. The highest BCUT2D eigenvalue weighted by Gasteiger charge is 2.18. The van der Waals surface area contributed by atoms with Crippen molar-refractivity contribution >= 4 is 22.1 Å². The molecule has 6 aromatic rings. The van der Waals surface area contributed by atoms with Gasteiger partial charge in [-0.2, -0.15) is 5.10 Å². The van der Waals surface area contributed by atoms with E-state index < -0.39 is 0 Å². The SMILES string of the molecule is COc1cccc(-c2nccc3[nH]c(-c4n[nH]c5ccc(-c6cncc(OCCN(C)C)c6)nc45)nc23)c1. The lowest BCUT2D eigenvalue weighted by Gasteiger charge is -2.11. The Balaban J connectivity index is 1.37. The summed E-state index contributed by atoms with van der Waals surface area (Å²) in [5, 5.41) is 7.60. The molecule has 1 aromatic carbocycles. The van der Waals surface area contributed by atoms with Gasteiger partial charge in [0.1, 0.15) is 29.1 Å². The molecule has 6 rings (SSSR count). The van der Waals surface area contributed by atoms with E-state index in [4.69, 9.17) is 19.4 Å². The Labute approximate surface area is 218 Å². The molecule has 0 aliphatic carbocycles. The highest BCUT2D eigenvalue weighted by Crippen LogP contribution is 2.32. The van der Waals surface area contributed by atoms with Crippen molar-refractivity contribution in [3.63, 3.8) is 0 Å². The van der Waals surface area contributed by atoms with Crippen molar-refractivity contribution in [2.24, 2.45) is 0 Å². The average molecular weight is 507 g/mol. The molecule has 5 aromatic heterocycles. The fourth-order valence-electron chi connectivity index (χ4n) is 4.24. The van der Waals surface area contributed by atoms with Crippen molar-refractivity contribution in [2.75, 3.05) is 34.4 Å². The van der Waals surface area contributed by atoms with E-state index in [-0.39, 0.29) is 0 Å². The number of aromatic nitrogens is 7. The maximum Gasteiger partial charge on any atom is 0.161 e. The third-order valence-corrected chi connectivity index (χ3v) is 6.19. The van der Waals surface area contributed by atoms with E-state index in [9.17, 15) is 0 Å². The highest BCUT2D eigenvalue weighted by atomic mass is 16.5. The second-order valence-corrected chi connectivity index (χ2v) is 9.10. The zero-order valence-electron chi connectivity index (χ0n) is 21.3. The van der Waals surface area contributed by atoms with Crippen molar-refractivity contribution in [3.8, 4) is 45.5 Å². The van der Waals surface area contributed by atoms with E-state index in [0.29, 0.717) is 29.4 Å². The topological polar surface area (TPSA) is 118 Å². The zero-order valence-corrected chi connectivity index (χ0v) is 21.3. The Morgan fingerprint density at radius 1 is 0.868 bits per heavy atom. The molecule has 190 valence electrons. The van der Waals surface area contributed by atoms with Crippen LogP contribution < -0.4 is 9.47 Å². The first-order valence-electron chi connectivity index (χ1n) is 12.2. The summed E-state index contributed by atoms with van der Waals surface area (Å²) in [5.41, 5.74) is 7.03. The van der Waals surface area contributed by atoms with Gasteiger partial charge in [-0.05, 0) is 50.5 Å². The van der Waals surface area contributed by atoms with Crippen LogP contribution in [0, 0.1) is 0 Å². The van der Waals surface area contributed by atoms with Gasteiger partial charge in [-0.25, -0.2) is 9.97 Å². The number of H-pyrrole nitrogens is 2. The van der Waals surface area contributed by atoms with E-state index >= 15 is 0 Å². The number of ether oxygens (including phenoxy) is 2. The van der Waals surface area contributed by atoms with Crippen molar-refractivity contribution in [1.82, 2.24) is 40.0 Å². The van der Waals surface area contributed by atoms with Crippen LogP contribution in [0.25, 0.3) is 56.1 Å². The van der Waals surface area contributed by atoms with Crippen LogP contribution in [0.5, 0.6) is 11.5 Å². The van der Waals surface area contributed by atoms with Crippen molar-refractivity contribution in [2.45, 2.75) is 0 Å². The molecule has 0 radical (unpaired) electrons. The first-order valence-corrected chi connectivity index (χ1v) is 12.2. The summed E-state index contributed by atoms with van der Waals surface area (Å²) in [7, 11) is 5.67. The predicted octanol–water partition coefficient (Wildman–Crippen LogP) is 4.57. The third-order valence-electron chi connectivity index (χ3n) is 6.19. The number of likely N-dealkylation sites (N-methyl/N-ethyl adjacent to an activating group) is 1. The van der Waals surface area contributed by atoms with E-state index in [0.717, 1.165) is 51.4 Å². The molecular formula is C28H26N8O2. The number of nitrogens with zero attached hydrogens (tertiary/aromatic N) is 6. The molecule has 0 unspecified atom stereocenters. The monoisotopic (exact) mass is 506 g/mol. The normalized spacial score (nSPS) is 11.5. The van der Waals surface area contributed by atoms with Crippen LogP contribution in [0.15, 0.2) is 67.1 Å². The molecule has 5 heterocycles. The van der Waals surface area contributed by atoms with Gasteiger partial charge in [0.05, 0.1) is 35.7 Å². The number of methoxy groups -OCH3 is 1. The number of aromatic amines is 2. The van der Waals surface area contributed by atoms with Crippen LogP contribution in [0.1, 0.15) is 0 Å². The number of hydrogen-bond acceptors (Lipinski definition) is 8. The Bertz CT molecular complexity index is 1740. The summed E-state index contributed by atoms with van der Waals surface area (Å²) >= 11 is 0. The lowest BCUT2D eigenvalue weighted by molar-refractivity contribution is 0.261. The van der Waals surface area contributed by atoms with Gasteiger partial charge in [0.2, 0.25) is 0 Å². The van der Waals surface area contributed by atoms with Crippen LogP contribution >= 0.6 is 0 Å². The third kappa shape index (κ3) is 4.53. The predicted molar refractivity (Wildman–Crippen MR) is 146 cm³/mol. The van der Waals surface area contributed by atoms with Gasteiger partial charge in [-0.1, -0.05) is 12.1 Å². The average Bonchev–Trinajstić information content (AvgIpc) is 3.56. The molecular weight excluding hydrogens is 480 g/mol. The second kappa shape index (κ2) is 9.91. The summed E-state index contributed by atoms with van der Waals surface area (Å²) in [4.78, 5) is 24.2. The first kappa shape index (κ1) is 23.6. The molecule has 0 saturated carbocycles. The van der Waals surface area contributed by atoms with Crippen molar-refractivity contribution < 1.29 is 9.47 Å². The second-order valence-electron chi connectivity index (χ2n) is 9.10. The standard InChI is InChI=1S/C28H26N8O2/c1-36(2)11-12-38-20-14-18(15-29-16-20)21-7-8-23-26(31-21)27(35-34-23)28-32-22-9-10-30-24(25(22)33-28)17-5-4-6-19(13-17)37-3/h4-10,13-16H,11-12H2,1-3H3,(H,32,33)(H,34,35). The molecule has 2 N–H and O–H groups in total. The van der Waals surface area contributed by atoms with Crippen LogP contribution in [0.4, 0.5) is 0 Å². The highest BCUT2D eigenvalue weighted by molar-refractivity contribution is 5.95. The summed E-state index contributed by atoms with van der Waals surface area (Å²) < 4.78 is 11.3. The van der Waals surface area contributed by atoms with Crippen molar-refractivity contribution in [3.05, 3.63) is 67.1 Å². The minimum atomic E-state index is 0.579. The molecule has 10 nitrogen and oxygen atoms in total. The number of rotatable bonds is 8. The van der Waals surface area contributed by atoms with E-state index in [2.05, 4.69) is 30.0 Å². The van der Waals surface area contributed by atoms with Gasteiger partial charge >= 0.3 is 0 Å². The number of benzene rings is 1. The summed E-state index contributed by atoms with van der Waals surface area (Å²) in [6, 6.07) is 15.5. The lowest BCUT2D eigenvalue weighted by atomic mass is 10.1. The molecule has 0 amide bonds. The van der Waals surface area contributed by atoms with E-state index in [1.807, 2.05) is 62.6 Å². The maximum atomic E-state index is 5.86. The molecule has 0 aliphatic heterocycles. The molecule has 10 heteroatoms. The Kier molecular flexibility index (Phi) is 6.14. The summed E-state index contributed by atoms with van der Waals surface area (Å²) in [6.45, 7) is 1.40. The number of pyridine rings is 3. The van der Waals surface area contributed by atoms with Gasteiger partial charge in [0.15, 0.2) is 11.5 Å². The molecule has 0 bridgehead atoms. The number of fused-ring (bicyclic) bond motifs is 2. The van der Waals surface area contributed by atoms with Crippen LogP contribution in [-0.2, 0) is 0 Å². The van der Waals surface area contributed by atoms with Crippen molar-refractivity contribution in [1.29, 1.82) is 0 Å². The quantitative estimate of drug-likeness (QED) is 0.308. The molecule has 0 spiro atoms. The van der Waals surface area contributed by atoms with Crippen LogP contribution in [-0.4, -0.2) is 74.4 Å². The van der Waals surface area contributed by atoms with Crippen LogP contribution in [0.3, 0.4) is 0 Å². The fraction of sp³-hybridized carbons (Fsp3) is 0.179. The Hall–Kier alpha value is -4.83. The molecule has 38 heavy (non-hydrogen) atoms. The van der Waals surface area contributed by atoms with Gasteiger partial charge in [0, 0.05) is 30.1 Å². The molecule has 0 atom stereocenters. The van der Waals surface area contributed by atoms with Crippen LogP contribution in [0.2, 0.25) is 0 Å². The lowest BCUT2D eigenvalue weighted by Crippen LogP contribution is -2.19. The Morgan fingerprint density at radius 3 is 2.61 bits per heavy atom. The minimum absolute atomic E-state index is 0.579.